The van der Waals surface area contributed by atoms with E-state index in [9.17, 15) is 4.79 Å². The third-order valence-electron chi connectivity index (χ3n) is 5.03. The molecule has 0 bridgehead atoms. The number of rotatable bonds is 4. The fraction of sp³-hybridized carbons (Fsp3) is 0.300. The number of benzene rings is 1. The Kier molecular flexibility index (Phi) is 5.34. The zero-order valence-corrected chi connectivity index (χ0v) is 17.7. The SMILES string of the molecule is CSc1cc(C2CCN(c3ccnc4ccc(Br)cc34)CC2)c(C=O)s1. The highest BCUT2D eigenvalue weighted by Crippen LogP contribution is 2.39. The third-order valence-corrected chi connectivity index (χ3v) is 7.67. The van der Waals surface area contributed by atoms with Gasteiger partial charge in [-0.1, -0.05) is 15.9 Å². The second kappa shape index (κ2) is 7.71. The van der Waals surface area contributed by atoms with Crippen LogP contribution < -0.4 is 4.90 Å². The van der Waals surface area contributed by atoms with Gasteiger partial charge in [0, 0.05) is 34.8 Å². The number of fused-ring (bicyclic) bond motifs is 1. The number of carbonyl (C=O) groups is 1. The van der Waals surface area contributed by atoms with E-state index in [1.54, 1.807) is 23.1 Å². The number of thioether (sulfide) groups is 1. The van der Waals surface area contributed by atoms with Crippen LogP contribution in [-0.2, 0) is 0 Å². The Labute approximate surface area is 169 Å². The number of carbonyl (C=O) groups excluding carboxylic acids is 1. The van der Waals surface area contributed by atoms with E-state index in [4.69, 9.17) is 0 Å². The van der Waals surface area contributed by atoms with Gasteiger partial charge in [-0.2, -0.15) is 0 Å². The summed E-state index contributed by atoms with van der Waals surface area (Å²) in [5.41, 5.74) is 3.52. The summed E-state index contributed by atoms with van der Waals surface area (Å²) in [6.45, 7) is 2.00. The molecule has 2 aromatic heterocycles. The smallest absolute Gasteiger partial charge is 0.160 e. The zero-order valence-electron chi connectivity index (χ0n) is 14.4. The van der Waals surface area contributed by atoms with Gasteiger partial charge in [-0.25, -0.2) is 0 Å². The van der Waals surface area contributed by atoms with Gasteiger partial charge in [-0.15, -0.1) is 23.1 Å². The third kappa shape index (κ3) is 3.42. The molecule has 0 N–H and O–H groups in total. The molecule has 0 atom stereocenters. The fourth-order valence-corrected chi connectivity index (χ4v) is 5.72. The number of piperidine rings is 1. The summed E-state index contributed by atoms with van der Waals surface area (Å²) in [4.78, 5) is 19.3. The largest absolute Gasteiger partial charge is 0.371 e. The molecule has 1 aromatic carbocycles. The summed E-state index contributed by atoms with van der Waals surface area (Å²) in [5, 5.41) is 1.19. The lowest BCUT2D eigenvalue weighted by atomic mass is 9.89. The van der Waals surface area contributed by atoms with E-state index < -0.39 is 0 Å². The summed E-state index contributed by atoms with van der Waals surface area (Å²) in [6, 6.07) is 10.6. The molecule has 1 fully saturated rings. The molecule has 3 nitrogen and oxygen atoms in total. The lowest BCUT2D eigenvalue weighted by Crippen LogP contribution is -2.33. The molecule has 0 amide bonds. The van der Waals surface area contributed by atoms with Crippen LogP contribution in [0.1, 0.15) is 34.0 Å². The first kappa shape index (κ1) is 18.0. The Morgan fingerprint density at radius 3 is 2.81 bits per heavy atom. The number of nitrogens with zero attached hydrogens (tertiary/aromatic N) is 2. The fourth-order valence-electron chi connectivity index (χ4n) is 3.72. The highest BCUT2D eigenvalue weighted by molar-refractivity contribution is 9.10. The van der Waals surface area contributed by atoms with E-state index >= 15 is 0 Å². The molecule has 0 aliphatic carbocycles. The lowest BCUT2D eigenvalue weighted by Gasteiger charge is -2.34. The van der Waals surface area contributed by atoms with Crippen LogP contribution in [0.25, 0.3) is 10.9 Å². The van der Waals surface area contributed by atoms with E-state index in [-0.39, 0.29) is 0 Å². The number of aromatic nitrogens is 1. The molecule has 3 aromatic rings. The van der Waals surface area contributed by atoms with Crippen LogP contribution in [0.4, 0.5) is 5.69 Å². The number of hydrogen-bond acceptors (Lipinski definition) is 5. The van der Waals surface area contributed by atoms with Crippen molar-refractivity contribution < 1.29 is 4.79 Å². The Bertz CT molecular complexity index is 948. The van der Waals surface area contributed by atoms with Gasteiger partial charge < -0.3 is 4.90 Å². The number of hydrogen-bond donors (Lipinski definition) is 0. The maximum absolute atomic E-state index is 11.4. The topological polar surface area (TPSA) is 33.2 Å². The molecule has 134 valence electrons. The van der Waals surface area contributed by atoms with Crippen molar-refractivity contribution in [2.45, 2.75) is 23.0 Å². The molecule has 0 radical (unpaired) electrons. The first-order chi connectivity index (χ1) is 12.7. The average molecular weight is 447 g/mol. The monoisotopic (exact) mass is 446 g/mol. The molecular formula is C20H19BrN2OS2. The van der Waals surface area contributed by atoms with Crippen molar-refractivity contribution in [3.05, 3.63) is 51.4 Å². The van der Waals surface area contributed by atoms with Gasteiger partial charge in [0.15, 0.2) is 6.29 Å². The Balaban J connectivity index is 1.57. The van der Waals surface area contributed by atoms with Crippen molar-refractivity contribution in [1.82, 2.24) is 4.98 Å². The Morgan fingerprint density at radius 2 is 2.08 bits per heavy atom. The van der Waals surface area contributed by atoms with Crippen LogP contribution in [0.3, 0.4) is 0 Å². The van der Waals surface area contributed by atoms with E-state index in [0.29, 0.717) is 5.92 Å². The summed E-state index contributed by atoms with van der Waals surface area (Å²) >= 11 is 6.92. The van der Waals surface area contributed by atoms with Crippen LogP contribution >= 0.6 is 39.0 Å². The average Bonchev–Trinajstić information content (AvgIpc) is 3.11. The van der Waals surface area contributed by atoms with E-state index in [1.165, 1.54) is 20.8 Å². The minimum absolute atomic E-state index is 0.475. The van der Waals surface area contributed by atoms with Crippen LogP contribution in [0.2, 0.25) is 0 Å². The predicted molar refractivity (Wildman–Crippen MR) is 115 cm³/mol. The highest BCUT2D eigenvalue weighted by Gasteiger charge is 2.25. The molecular weight excluding hydrogens is 428 g/mol. The van der Waals surface area contributed by atoms with E-state index in [0.717, 1.165) is 47.1 Å². The minimum atomic E-state index is 0.475. The summed E-state index contributed by atoms with van der Waals surface area (Å²) in [7, 11) is 0. The van der Waals surface area contributed by atoms with Gasteiger partial charge in [0.05, 0.1) is 14.6 Å². The zero-order chi connectivity index (χ0) is 18.1. The molecule has 1 saturated heterocycles. The van der Waals surface area contributed by atoms with Gasteiger partial charge in [0.2, 0.25) is 0 Å². The molecule has 26 heavy (non-hydrogen) atoms. The van der Waals surface area contributed by atoms with E-state index in [1.807, 2.05) is 12.3 Å². The first-order valence-corrected chi connectivity index (χ1v) is 11.4. The quantitative estimate of drug-likeness (QED) is 0.364. The molecule has 6 heteroatoms. The van der Waals surface area contributed by atoms with Gasteiger partial charge >= 0.3 is 0 Å². The summed E-state index contributed by atoms with van der Waals surface area (Å²) in [6.07, 6.45) is 7.14. The number of aldehydes is 1. The van der Waals surface area contributed by atoms with Crippen molar-refractivity contribution in [2.24, 2.45) is 0 Å². The molecule has 0 unspecified atom stereocenters. The van der Waals surface area contributed by atoms with Crippen LogP contribution in [0.15, 0.2) is 45.2 Å². The van der Waals surface area contributed by atoms with Crippen LogP contribution in [0.5, 0.6) is 0 Å². The standard InChI is InChI=1S/C20H19BrN2OS2/c1-25-20-11-15(19(12-24)26-20)13-5-8-23(9-6-13)18-4-7-22-17-3-2-14(21)10-16(17)18/h2-4,7,10-13H,5-6,8-9H2,1H3. The van der Waals surface area contributed by atoms with Crippen molar-refractivity contribution in [3.63, 3.8) is 0 Å². The predicted octanol–water partition coefficient (Wildman–Crippen LogP) is 5.98. The highest BCUT2D eigenvalue weighted by atomic mass is 79.9. The van der Waals surface area contributed by atoms with Crippen LogP contribution in [0, 0.1) is 0 Å². The van der Waals surface area contributed by atoms with Gasteiger partial charge in [0.25, 0.3) is 0 Å². The normalized spacial score (nSPS) is 15.5. The maximum Gasteiger partial charge on any atom is 0.160 e. The van der Waals surface area contributed by atoms with Crippen molar-refractivity contribution in [2.75, 3.05) is 24.2 Å². The maximum atomic E-state index is 11.4. The first-order valence-electron chi connectivity index (χ1n) is 8.61. The van der Waals surface area contributed by atoms with Crippen molar-refractivity contribution in [1.29, 1.82) is 0 Å². The van der Waals surface area contributed by atoms with Gasteiger partial charge in [-0.05, 0) is 60.9 Å². The lowest BCUT2D eigenvalue weighted by molar-refractivity contribution is 0.112. The number of halogens is 1. The van der Waals surface area contributed by atoms with Gasteiger partial charge in [0.1, 0.15) is 0 Å². The second-order valence-electron chi connectivity index (χ2n) is 6.46. The number of thiophene rings is 1. The van der Waals surface area contributed by atoms with Crippen molar-refractivity contribution >= 4 is 61.9 Å². The van der Waals surface area contributed by atoms with Crippen LogP contribution in [-0.4, -0.2) is 30.6 Å². The Morgan fingerprint density at radius 1 is 1.27 bits per heavy atom. The van der Waals surface area contributed by atoms with E-state index in [2.05, 4.69) is 56.3 Å². The molecule has 1 aliphatic rings. The molecule has 3 heterocycles. The number of anilines is 1. The summed E-state index contributed by atoms with van der Waals surface area (Å²) < 4.78 is 2.31. The van der Waals surface area contributed by atoms with Gasteiger partial charge in [-0.3, -0.25) is 9.78 Å². The molecule has 0 spiro atoms. The number of pyridine rings is 1. The molecule has 1 aliphatic heterocycles. The van der Waals surface area contributed by atoms with Crippen molar-refractivity contribution in [3.8, 4) is 0 Å². The second-order valence-corrected chi connectivity index (χ2v) is 9.57. The Hall–Kier alpha value is -1.37. The summed E-state index contributed by atoms with van der Waals surface area (Å²) in [5.74, 6) is 0.475. The molecule has 4 rings (SSSR count). The molecule has 0 saturated carbocycles. The minimum Gasteiger partial charge on any atom is -0.371 e.